The van der Waals surface area contributed by atoms with E-state index in [0.717, 1.165) is 11.3 Å². The third-order valence-electron chi connectivity index (χ3n) is 3.38. The van der Waals surface area contributed by atoms with Crippen molar-refractivity contribution in [2.24, 2.45) is 12.0 Å². The van der Waals surface area contributed by atoms with Gasteiger partial charge in [-0.15, -0.1) is 11.3 Å². The van der Waals surface area contributed by atoms with E-state index in [2.05, 4.69) is 15.2 Å². The first-order valence-corrected chi connectivity index (χ1v) is 8.34. The predicted molar refractivity (Wildman–Crippen MR) is 93.3 cm³/mol. The molecule has 9 heteroatoms. The molecule has 0 saturated carbocycles. The van der Waals surface area contributed by atoms with Crippen LogP contribution in [0.1, 0.15) is 0 Å². The number of benzene rings is 1. The maximum atomic E-state index is 12.3. The molecule has 0 saturated heterocycles. The largest absolute Gasteiger partial charge is 0.497 e. The maximum Gasteiger partial charge on any atom is 0.268 e. The molecule has 1 amide bonds. The molecule has 124 valence electrons. The number of hydrogen-bond acceptors (Lipinski definition) is 5. The molecule has 0 spiro atoms. The number of amides is 1. The number of ether oxygens (including phenoxy) is 1. The Balaban J connectivity index is 1.91. The van der Waals surface area contributed by atoms with Gasteiger partial charge in [0.15, 0.2) is 15.4 Å². The van der Waals surface area contributed by atoms with E-state index in [9.17, 15) is 4.79 Å². The lowest BCUT2D eigenvalue weighted by atomic mass is 10.2. The fourth-order valence-corrected chi connectivity index (χ4v) is 3.08. The van der Waals surface area contributed by atoms with E-state index >= 15 is 0 Å². The maximum absolute atomic E-state index is 12.3. The van der Waals surface area contributed by atoms with Gasteiger partial charge in [0.25, 0.3) is 5.91 Å². The Morgan fingerprint density at radius 1 is 1.42 bits per heavy atom. The quantitative estimate of drug-likeness (QED) is 0.722. The number of nitrogens with one attached hydrogen (secondary N) is 1. The second-order valence-electron chi connectivity index (χ2n) is 4.97. The fourth-order valence-electron chi connectivity index (χ4n) is 2.14. The van der Waals surface area contributed by atoms with E-state index in [1.165, 1.54) is 11.3 Å². The first-order chi connectivity index (χ1) is 11.6. The SMILES string of the molecule is COc1ccc(-c2n[nH]c(=S)n2CC(=O)N=c2sccn2C)cc1. The second-order valence-corrected chi connectivity index (χ2v) is 6.23. The lowest BCUT2D eigenvalue weighted by Gasteiger charge is -2.05. The summed E-state index contributed by atoms with van der Waals surface area (Å²) in [6, 6.07) is 7.38. The van der Waals surface area contributed by atoms with Crippen LogP contribution in [-0.2, 0) is 18.4 Å². The zero-order chi connectivity index (χ0) is 17.1. The van der Waals surface area contributed by atoms with Gasteiger partial charge in [0, 0.05) is 24.2 Å². The van der Waals surface area contributed by atoms with Crippen molar-refractivity contribution >= 4 is 29.5 Å². The molecule has 3 aromatic rings. The summed E-state index contributed by atoms with van der Waals surface area (Å²) in [5.41, 5.74) is 0.831. The van der Waals surface area contributed by atoms with Gasteiger partial charge in [-0.1, -0.05) is 0 Å². The highest BCUT2D eigenvalue weighted by Gasteiger charge is 2.12. The highest BCUT2D eigenvalue weighted by Crippen LogP contribution is 2.20. The van der Waals surface area contributed by atoms with Crippen molar-refractivity contribution in [1.82, 2.24) is 19.3 Å². The number of aromatic amines is 1. The van der Waals surface area contributed by atoms with Gasteiger partial charge in [-0.3, -0.25) is 14.5 Å². The molecule has 2 heterocycles. The minimum Gasteiger partial charge on any atom is -0.497 e. The average molecular weight is 361 g/mol. The fraction of sp³-hybridized carbons (Fsp3) is 0.200. The molecule has 0 aliphatic rings. The van der Waals surface area contributed by atoms with Gasteiger partial charge < -0.3 is 9.30 Å². The lowest BCUT2D eigenvalue weighted by molar-refractivity contribution is -0.118. The van der Waals surface area contributed by atoms with Gasteiger partial charge in [-0.05, 0) is 36.5 Å². The molecule has 0 fully saturated rings. The van der Waals surface area contributed by atoms with Crippen LogP contribution in [0.5, 0.6) is 5.75 Å². The summed E-state index contributed by atoms with van der Waals surface area (Å²) >= 11 is 6.64. The standard InChI is InChI=1S/C15H15N5O2S2/c1-19-7-8-24-15(19)16-12(21)9-20-13(17-18-14(20)23)10-3-5-11(22-2)6-4-10/h3-8H,9H2,1-2H3,(H,18,23). The Morgan fingerprint density at radius 3 is 2.79 bits per heavy atom. The number of rotatable bonds is 4. The van der Waals surface area contributed by atoms with Crippen LogP contribution in [0.2, 0.25) is 0 Å². The summed E-state index contributed by atoms with van der Waals surface area (Å²) in [7, 11) is 3.45. The smallest absolute Gasteiger partial charge is 0.268 e. The number of carbonyl (C=O) groups excluding carboxylic acids is 1. The Kier molecular flexibility index (Phi) is 4.72. The van der Waals surface area contributed by atoms with E-state index in [1.807, 2.05) is 42.9 Å². The molecule has 0 atom stereocenters. The highest BCUT2D eigenvalue weighted by molar-refractivity contribution is 7.71. The van der Waals surface area contributed by atoms with Crippen molar-refractivity contribution in [1.29, 1.82) is 0 Å². The van der Waals surface area contributed by atoms with Crippen LogP contribution in [0.25, 0.3) is 11.4 Å². The monoisotopic (exact) mass is 361 g/mol. The minimum absolute atomic E-state index is 0.0224. The Labute approximate surface area is 146 Å². The van der Waals surface area contributed by atoms with E-state index in [-0.39, 0.29) is 12.5 Å². The number of nitrogens with zero attached hydrogens (tertiary/aromatic N) is 4. The average Bonchev–Trinajstić information content (AvgIpc) is 3.14. The summed E-state index contributed by atoms with van der Waals surface area (Å²) in [4.78, 5) is 17.0. The number of aryl methyl sites for hydroxylation is 1. The number of thiazole rings is 1. The molecule has 24 heavy (non-hydrogen) atoms. The molecule has 1 aromatic carbocycles. The minimum atomic E-state index is -0.291. The van der Waals surface area contributed by atoms with Crippen molar-refractivity contribution in [3.63, 3.8) is 0 Å². The second kappa shape index (κ2) is 6.93. The summed E-state index contributed by atoms with van der Waals surface area (Å²) in [5, 5.41) is 8.82. The van der Waals surface area contributed by atoms with Crippen LogP contribution in [0.15, 0.2) is 40.8 Å². The molecule has 7 nitrogen and oxygen atoms in total. The van der Waals surface area contributed by atoms with E-state index in [4.69, 9.17) is 17.0 Å². The topological polar surface area (TPSA) is 77.2 Å². The highest BCUT2D eigenvalue weighted by atomic mass is 32.1. The Morgan fingerprint density at radius 2 is 2.17 bits per heavy atom. The molecule has 0 unspecified atom stereocenters. The van der Waals surface area contributed by atoms with Crippen LogP contribution in [0.4, 0.5) is 0 Å². The van der Waals surface area contributed by atoms with Crippen LogP contribution in [0.3, 0.4) is 0 Å². The molecule has 1 N–H and O–H groups in total. The van der Waals surface area contributed by atoms with E-state index in [1.54, 1.807) is 16.2 Å². The normalized spacial score (nSPS) is 11.7. The number of carbonyl (C=O) groups is 1. The molecule has 2 aromatic heterocycles. The summed E-state index contributed by atoms with van der Waals surface area (Å²) in [6.45, 7) is 0.0224. The van der Waals surface area contributed by atoms with Crippen LogP contribution >= 0.6 is 23.6 Å². The summed E-state index contributed by atoms with van der Waals surface area (Å²) in [5.74, 6) is 1.04. The van der Waals surface area contributed by atoms with Crippen LogP contribution in [-0.4, -0.2) is 32.3 Å². The van der Waals surface area contributed by atoms with Crippen molar-refractivity contribution in [2.45, 2.75) is 6.54 Å². The van der Waals surface area contributed by atoms with E-state index < -0.39 is 0 Å². The third-order valence-corrected chi connectivity index (χ3v) is 4.54. The predicted octanol–water partition coefficient (Wildman–Crippen LogP) is 2.14. The van der Waals surface area contributed by atoms with Gasteiger partial charge in [-0.2, -0.15) is 10.1 Å². The zero-order valence-corrected chi connectivity index (χ0v) is 14.7. The zero-order valence-electron chi connectivity index (χ0n) is 13.1. The molecular formula is C15H15N5O2S2. The third kappa shape index (κ3) is 3.36. The van der Waals surface area contributed by atoms with Crippen molar-refractivity contribution in [2.75, 3.05) is 7.11 Å². The van der Waals surface area contributed by atoms with E-state index in [0.29, 0.717) is 15.4 Å². The first-order valence-electron chi connectivity index (χ1n) is 7.06. The van der Waals surface area contributed by atoms with Crippen LogP contribution < -0.4 is 9.54 Å². The summed E-state index contributed by atoms with van der Waals surface area (Å²) < 4.78 is 8.95. The van der Waals surface area contributed by atoms with Gasteiger partial charge in [0.1, 0.15) is 12.3 Å². The molecule has 0 bridgehead atoms. The van der Waals surface area contributed by atoms with Crippen molar-refractivity contribution in [3.8, 4) is 17.1 Å². The first kappa shape index (κ1) is 16.3. The van der Waals surface area contributed by atoms with Crippen molar-refractivity contribution in [3.05, 3.63) is 45.4 Å². The molecule has 0 aliphatic heterocycles. The Bertz CT molecular complexity index is 978. The van der Waals surface area contributed by atoms with Gasteiger partial charge in [-0.25, -0.2) is 0 Å². The Hall–Kier alpha value is -2.52. The number of methoxy groups -OCH3 is 1. The molecular weight excluding hydrogens is 346 g/mol. The van der Waals surface area contributed by atoms with Gasteiger partial charge in [0.05, 0.1) is 7.11 Å². The molecule has 0 radical (unpaired) electrons. The molecule has 3 rings (SSSR count). The number of aromatic nitrogens is 4. The van der Waals surface area contributed by atoms with Gasteiger partial charge >= 0.3 is 0 Å². The van der Waals surface area contributed by atoms with Crippen molar-refractivity contribution < 1.29 is 9.53 Å². The number of hydrogen-bond donors (Lipinski definition) is 1. The van der Waals surface area contributed by atoms with Gasteiger partial charge in [0.2, 0.25) is 0 Å². The summed E-state index contributed by atoms with van der Waals surface area (Å²) in [6.07, 6.45) is 1.85. The number of H-pyrrole nitrogens is 1. The van der Waals surface area contributed by atoms with Crippen LogP contribution in [0, 0.1) is 4.77 Å². The lowest BCUT2D eigenvalue weighted by Crippen LogP contribution is -2.16. The molecule has 0 aliphatic carbocycles.